The molecule has 1 unspecified atom stereocenters. The molecule has 3 aromatic rings. The van der Waals surface area contributed by atoms with Gasteiger partial charge in [-0.1, -0.05) is 91.0 Å². The fourth-order valence-corrected chi connectivity index (χ4v) is 4.10. The second-order valence-corrected chi connectivity index (χ2v) is 7.57. The highest BCUT2D eigenvalue weighted by atomic mass is 16.4. The Hall–Kier alpha value is -2.58. The van der Waals surface area contributed by atoms with Crippen LogP contribution < -0.4 is 0 Å². The third-order valence-corrected chi connectivity index (χ3v) is 5.74. The molecule has 0 saturated carbocycles. The fraction of sp³-hybridized carbons (Fsp3) is 0.280. The molecule has 0 bridgehead atoms. The Morgan fingerprint density at radius 1 is 0.516 bits per heavy atom. The molecule has 6 N–H and O–H groups in total. The van der Waals surface area contributed by atoms with E-state index in [9.17, 15) is 25.5 Å². The second kappa shape index (κ2) is 10.2. The highest BCUT2D eigenvalue weighted by Gasteiger charge is 2.49. The lowest BCUT2D eigenvalue weighted by atomic mass is 9.64. The van der Waals surface area contributed by atoms with E-state index in [4.69, 9.17) is 5.11 Å². The predicted molar refractivity (Wildman–Crippen MR) is 116 cm³/mol. The molecule has 0 radical (unpaired) electrons. The summed E-state index contributed by atoms with van der Waals surface area (Å²) in [5, 5.41) is 62.1. The predicted octanol–water partition coefficient (Wildman–Crippen LogP) is 0.818. The van der Waals surface area contributed by atoms with E-state index >= 15 is 0 Å². The zero-order valence-electron chi connectivity index (χ0n) is 16.9. The smallest absolute Gasteiger partial charge is 0.111 e. The molecule has 6 nitrogen and oxygen atoms in total. The monoisotopic (exact) mass is 424 g/mol. The van der Waals surface area contributed by atoms with E-state index in [2.05, 4.69) is 0 Å². The second-order valence-electron chi connectivity index (χ2n) is 7.57. The Balaban J connectivity index is 2.22. The van der Waals surface area contributed by atoms with Crippen LogP contribution in [0.4, 0.5) is 0 Å². The van der Waals surface area contributed by atoms with Crippen LogP contribution in [0.3, 0.4) is 0 Å². The van der Waals surface area contributed by atoms with Crippen molar-refractivity contribution in [3.8, 4) is 0 Å². The maximum absolute atomic E-state index is 11.6. The van der Waals surface area contributed by atoms with Crippen LogP contribution in [0.1, 0.15) is 16.7 Å². The molecule has 0 aliphatic heterocycles. The summed E-state index contributed by atoms with van der Waals surface area (Å²) in [5.41, 5.74) is 0.712. The van der Waals surface area contributed by atoms with E-state index < -0.39 is 42.5 Å². The van der Waals surface area contributed by atoms with Gasteiger partial charge in [0.2, 0.25) is 0 Å². The van der Waals surface area contributed by atoms with E-state index in [1.807, 2.05) is 91.0 Å². The first-order valence-electron chi connectivity index (χ1n) is 10.1. The van der Waals surface area contributed by atoms with Gasteiger partial charge in [-0.25, -0.2) is 0 Å². The lowest BCUT2D eigenvalue weighted by molar-refractivity contribution is -0.147. The van der Waals surface area contributed by atoms with E-state index in [0.717, 1.165) is 0 Å². The highest BCUT2D eigenvalue weighted by molar-refractivity contribution is 5.52. The van der Waals surface area contributed by atoms with Crippen LogP contribution in [0.2, 0.25) is 0 Å². The van der Waals surface area contributed by atoms with Gasteiger partial charge in [0.25, 0.3) is 0 Å². The van der Waals surface area contributed by atoms with Crippen molar-refractivity contribution in [1.82, 2.24) is 0 Å². The molecule has 0 aliphatic rings. The summed E-state index contributed by atoms with van der Waals surface area (Å²) < 4.78 is 0. The number of rotatable bonds is 9. The average Bonchev–Trinajstić information content (AvgIpc) is 2.84. The number of hydrogen-bond donors (Lipinski definition) is 6. The first kappa shape index (κ1) is 23.1. The summed E-state index contributed by atoms with van der Waals surface area (Å²) in [6, 6.07) is 27.3. The number of benzene rings is 3. The summed E-state index contributed by atoms with van der Waals surface area (Å²) in [6.45, 7) is -0.803. The van der Waals surface area contributed by atoms with Crippen LogP contribution in [0.25, 0.3) is 0 Å². The average molecular weight is 424 g/mol. The lowest BCUT2D eigenvalue weighted by Crippen LogP contribution is -2.56. The first-order chi connectivity index (χ1) is 14.9. The van der Waals surface area contributed by atoms with E-state index in [-0.39, 0.29) is 0 Å². The Kier molecular flexibility index (Phi) is 7.56. The van der Waals surface area contributed by atoms with Crippen LogP contribution in [-0.4, -0.2) is 67.8 Å². The topological polar surface area (TPSA) is 121 Å². The first-order valence-corrected chi connectivity index (χ1v) is 10.1. The van der Waals surface area contributed by atoms with Crippen molar-refractivity contribution in [2.45, 2.75) is 35.9 Å². The number of hydrogen-bond acceptors (Lipinski definition) is 6. The van der Waals surface area contributed by atoms with Gasteiger partial charge in [-0.2, -0.15) is 0 Å². The molecular weight excluding hydrogens is 396 g/mol. The van der Waals surface area contributed by atoms with Gasteiger partial charge in [0.05, 0.1) is 12.0 Å². The zero-order valence-corrected chi connectivity index (χ0v) is 16.9. The van der Waals surface area contributed by atoms with E-state index in [1.54, 1.807) is 0 Å². The minimum atomic E-state index is -1.91. The maximum atomic E-state index is 11.6. The molecule has 0 fully saturated rings. The molecule has 5 atom stereocenters. The summed E-state index contributed by atoms with van der Waals surface area (Å²) in [5.74, 6) is 0. The normalized spacial score (nSPS) is 16.8. The molecule has 0 spiro atoms. The molecule has 164 valence electrons. The molecule has 0 amide bonds. The summed E-state index contributed by atoms with van der Waals surface area (Å²) in [7, 11) is 0. The van der Waals surface area contributed by atoms with Crippen molar-refractivity contribution in [2.75, 3.05) is 6.61 Å². The van der Waals surface area contributed by atoms with Gasteiger partial charge >= 0.3 is 0 Å². The van der Waals surface area contributed by atoms with E-state index in [1.165, 1.54) is 0 Å². The SMILES string of the molecule is OC[C@@H](O)[C@@H](O)[C@H](O)[C@H](O)C(O)C(c1ccccc1)(c1ccccc1)c1ccccc1. The van der Waals surface area contributed by atoms with Crippen molar-refractivity contribution >= 4 is 0 Å². The van der Waals surface area contributed by atoms with Crippen LogP contribution in [-0.2, 0) is 5.41 Å². The van der Waals surface area contributed by atoms with Gasteiger partial charge in [-0.15, -0.1) is 0 Å². The lowest BCUT2D eigenvalue weighted by Gasteiger charge is -2.43. The Morgan fingerprint density at radius 2 is 0.871 bits per heavy atom. The van der Waals surface area contributed by atoms with Crippen LogP contribution in [0.5, 0.6) is 0 Å². The van der Waals surface area contributed by atoms with Crippen molar-refractivity contribution in [3.63, 3.8) is 0 Å². The minimum Gasteiger partial charge on any atom is -0.394 e. The molecule has 31 heavy (non-hydrogen) atoms. The molecule has 6 heteroatoms. The van der Waals surface area contributed by atoms with Gasteiger partial charge in [0.1, 0.15) is 30.5 Å². The van der Waals surface area contributed by atoms with Gasteiger partial charge in [-0.05, 0) is 16.7 Å². The van der Waals surface area contributed by atoms with E-state index in [0.29, 0.717) is 16.7 Å². The van der Waals surface area contributed by atoms with Gasteiger partial charge in [0, 0.05) is 0 Å². The number of aliphatic hydroxyl groups excluding tert-OH is 6. The quantitative estimate of drug-likeness (QED) is 0.283. The van der Waals surface area contributed by atoms with Crippen molar-refractivity contribution in [1.29, 1.82) is 0 Å². The third kappa shape index (κ3) is 4.41. The molecule has 3 rings (SSSR count). The van der Waals surface area contributed by atoms with Gasteiger partial charge in [-0.3, -0.25) is 0 Å². The van der Waals surface area contributed by atoms with Gasteiger partial charge < -0.3 is 30.6 Å². The van der Waals surface area contributed by atoms with Crippen LogP contribution >= 0.6 is 0 Å². The van der Waals surface area contributed by atoms with Crippen molar-refractivity contribution in [2.24, 2.45) is 0 Å². The molecule has 0 saturated heterocycles. The standard InChI is InChI=1S/C25H28O6/c26-16-20(27)21(28)22(29)23(30)24(31)25(17-10-4-1-5-11-17,18-12-6-2-7-13-18)19-14-8-3-9-15-19/h1-15,20-24,26-31H,16H2/t20-,21-,22+,23+,24?/m1/s1. The maximum Gasteiger partial charge on any atom is 0.111 e. The summed E-state index contributed by atoms with van der Waals surface area (Å²) >= 11 is 0. The minimum absolute atomic E-state index is 0.670. The summed E-state index contributed by atoms with van der Waals surface area (Å²) in [6.07, 6.45) is -8.90. The Morgan fingerprint density at radius 3 is 1.19 bits per heavy atom. The molecular formula is C25H28O6. The fourth-order valence-electron chi connectivity index (χ4n) is 4.10. The zero-order chi connectivity index (χ0) is 22.4. The molecule has 0 heterocycles. The highest BCUT2D eigenvalue weighted by Crippen LogP contribution is 2.43. The van der Waals surface area contributed by atoms with Crippen LogP contribution in [0, 0.1) is 0 Å². The largest absolute Gasteiger partial charge is 0.394 e. The van der Waals surface area contributed by atoms with Crippen molar-refractivity contribution in [3.05, 3.63) is 108 Å². The summed E-state index contributed by atoms with van der Waals surface area (Å²) in [4.78, 5) is 0. The van der Waals surface area contributed by atoms with Crippen molar-refractivity contribution < 1.29 is 30.6 Å². The van der Waals surface area contributed by atoms with Gasteiger partial charge in [0.15, 0.2) is 0 Å². The Bertz CT molecular complexity index is 822. The Labute approximate surface area is 181 Å². The molecule has 3 aromatic carbocycles. The molecule has 0 aliphatic carbocycles. The number of aliphatic hydroxyl groups is 6. The third-order valence-electron chi connectivity index (χ3n) is 5.74. The van der Waals surface area contributed by atoms with Crippen LogP contribution in [0.15, 0.2) is 91.0 Å². The molecule has 0 aromatic heterocycles.